The summed E-state index contributed by atoms with van der Waals surface area (Å²) < 4.78 is 11.4. The van der Waals surface area contributed by atoms with Crippen LogP contribution in [0.5, 0.6) is 5.75 Å². The van der Waals surface area contributed by atoms with Crippen LogP contribution in [-0.2, 0) is 0 Å². The van der Waals surface area contributed by atoms with Gasteiger partial charge in [-0.25, -0.2) is 0 Å². The number of methoxy groups -OCH3 is 1. The number of nitrogens with one attached hydrogen (secondary N) is 1. The molecule has 36 heavy (non-hydrogen) atoms. The van der Waals surface area contributed by atoms with Gasteiger partial charge in [0.05, 0.1) is 18.7 Å². The Bertz CT molecular complexity index is 1490. The highest BCUT2D eigenvalue weighted by Crippen LogP contribution is 2.40. The fourth-order valence-electron chi connectivity index (χ4n) is 4.50. The lowest BCUT2D eigenvalue weighted by Gasteiger charge is -2.37. The van der Waals surface area contributed by atoms with E-state index in [0.29, 0.717) is 16.8 Å². The van der Waals surface area contributed by atoms with Crippen molar-refractivity contribution in [3.8, 4) is 17.1 Å². The highest BCUT2D eigenvalue weighted by molar-refractivity contribution is 7.80. The highest BCUT2D eigenvalue weighted by atomic mass is 32.1. The van der Waals surface area contributed by atoms with Gasteiger partial charge in [-0.05, 0) is 86.9 Å². The first-order chi connectivity index (χ1) is 17.4. The number of allylic oxidation sites excluding steroid dienone is 1. The Labute approximate surface area is 216 Å². The fourth-order valence-corrected chi connectivity index (χ4v) is 4.86. The smallest absolute Gasteiger partial charge is 0.258 e. The Hall–Kier alpha value is -3.97. The molecule has 1 atom stereocenters. The van der Waals surface area contributed by atoms with Gasteiger partial charge >= 0.3 is 0 Å². The summed E-state index contributed by atoms with van der Waals surface area (Å²) in [6.45, 7) is 8.29. The monoisotopic (exact) mass is 496 g/mol. The van der Waals surface area contributed by atoms with Crippen molar-refractivity contribution in [2.24, 2.45) is 0 Å². The number of anilines is 1. The number of rotatable bonds is 5. The Morgan fingerprint density at radius 1 is 0.944 bits per heavy atom. The molecule has 4 aromatic rings. The van der Waals surface area contributed by atoms with Crippen molar-refractivity contribution in [2.75, 3.05) is 12.0 Å². The Morgan fingerprint density at radius 2 is 1.75 bits per heavy atom. The van der Waals surface area contributed by atoms with Crippen LogP contribution in [-0.4, -0.2) is 22.4 Å². The van der Waals surface area contributed by atoms with Crippen molar-refractivity contribution in [2.45, 2.75) is 33.7 Å². The molecule has 0 fully saturated rings. The summed E-state index contributed by atoms with van der Waals surface area (Å²) in [4.78, 5) is 6.85. The summed E-state index contributed by atoms with van der Waals surface area (Å²) in [5, 5.41) is 8.44. The molecule has 0 bridgehead atoms. The van der Waals surface area contributed by atoms with Crippen LogP contribution in [0.2, 0.25) is 0 Å². The van der Waals surface area contributed by atoms with E-state index in [0.717, 1.165) is 39.4 Å². The van der Waals surface area contributed by atoms with E-state index in [9.17, 15) is 0 Å². The van der Waals surface area contributed by atoms with Crippen LogP contribution in [0.15, 0.2) is 77.0 Å². The Balaban J connectivity index is 1.67. The van der Waals surface area contributed by atoms with E-state index in [-0.39, 0.29) is 6.04 Å². The fraction of sp³-hybridized carbons (Fsp3) is 0.207. The molecule has 0 saturated carbocycles. The molecule has 2 heterocycles. The van der Waals surface area contributed by atoms with Gasteiger partial charge in [-0.3, -0.25) is 4.90 Å². The Kier molecular flexibility index (Phi) is 6.33. The van der Waals surface area contributed by atoms with Crippen LogP contribution < -0.4 is 15.0 Å². The SMILES string of the molecule is COc1cccc(C2NC(=S)N(c3ccc(C)c(C)c3)C(C)=C2c2nc(-c3cccc(C)c3)no2)c1. The van der Waals surface area contributed by atoms with Crippen LogP contribution in [0, 0.1) is 20.8 Å². The topological polar surface area (TPSA) is 63.4 Å². The predicted molar refractivity (Wildman–Crippen MR) is 147 cm³/mol. The first-order valence-corrected chi connectivity index (χ1v) is 12.2. The normalized spacial score (nSPS) is 15.8. The number of benzene rings is 3. The molecule has 1 aliphatic heterocycles. The zero-order chi connectivity index (χ0) is 25.4. The van der Waals surface area contributed by atoms with Crippen molar-refractivity contribution < 1.29 is 9.26 Å². The molecule has 182 valence electrons. The lowest BCUT2D eigenvalue weighted by Crippen LogP contribution is -2.46. The summed E-state index contributed by atoms with van der Waals surface area (Å²) in [5.74, 6) is 1.75. The van der Waals surface area contributed by atoms with Gasteiger partial charge in [0.2, 0.25) is 5.82 Å². The van der Waals surface area contributed by atoms with Crippen molar-refractivity contribution >= 4 is 28.6 Å². The molecule has 0 spiro atoms. The van der Waals surface area contributed by atoms with Crippen molar-refractivity contribution in [3.63, 3.8) is 0 Å². The van der Waals surface area contributed by atoms with Crippen LogP contribution >= 0.6 is 12.2 Å². The van der Waals surface area contributed by atoms with E-state index in [2.05, 4.69) is 42.5 Å². The molecule has 0 amide bonds. The molecule has 1 aliphatic rings. The minimum atomic E-state index is -0.291. The number of nitrogens with zero attached hydrogens (tertiary/aromatic N) is 3. The van der Waals surface area contributed by atoms with Crippen molar-refractivity contribution in [1.29, 1.82) is 0 Å². The third-order valence-electron chi connectivity index (χ3n) is 6.59. The maximum atomic E-state index is 5.88. The van der Waals surface area contributed by atoms with E-state index in [1.54, 1.807) is 7.11 Å². The molecule has 1 N–H and O–H groups in total. The lowest BCUT2D eigenvalue weighted by molar-refractivity contribution is 0.403. The van der Waals surface area contributed by atoms with Crippen LogP contribution in [0.3, 0.4) is 0 Å². The molecule has 7 heteroatoms. The second kappa shape index (κ2) is 9.59. The third kappa shape index (κ3) is 4.38. The summed E-state index contributed by atoms with van der Waals surface area (Å²) in [6.07, 6.45) is 0. The van der Waals surface area contributed by atoms with Crippen LogP contribution in [0.1, 0.15) is 41.1 Å². The number of hydrogen-bond acceptors (Lipinski definition) is 5. The van der Waals surface area contributed by atoms with E-state index in [4.69, 9.17) is 26.5 Å². The molecule has 0 radical (unpaired) electrons. The average molecular weight is 497 g/mol. The zero-order valence-electron chi connectivity index (χ0n) is 21.0. The number of thiocarbonyl (C=S) groups is 1. The van der Waals surface area contributed by atoms with Gasteiger partial charge in [0, 0.05) is 16.9 Å². The number of aromatic nitrogens is 2. The molecule has 5 rings (SSSR count). The first-order valence-electron chi connectivity index (χ1n) is 11.8. The number of hydrogen-bond donors (Lipinski definition) is 1. The molecule has 0 saturated heterocycles. The molecule has 6 nitrogen and oxygen atoms in total. The molecule has 1 unspecified atom stereocenters. The maximum absolute atomic E-state index is 5.88. The molecular weight excluding hydrogens is 468 g/mol. The minimum absolute atomic E-state index is 0.291. The molecular formula is C29H28N4O2S. The second-order valence-corrected chi connectivity index (χ2v) is 9.44. The minimum Gasteiger partial charge on any atom is -0.497 e. The van der Waals surface area contributed by atoms with Gasteiger partial charge in [0.1, 0.15) is 5.75 Å². The predicted octanol–water partition coefficient (Wildman–Crippen LogP) is 6.54. The van der Waals surface area contributed by atoms with Gasteiger partial charge in [0.25, 0.3) is 5.89 Å². The maximum Gasteiger partial charge on any atom is 0.258 e. The summed E-state index contributed by atoms with van der Waals surface area (Å²) >= 11 is 5.88. The van der Waals surface area contributed by atoms with Gasteiger partial charge in [-0.2, -0.15) is 4.98 Å². The average Bonchev–Trinajstić information content (AvgIpc) is 3.35. The summed E-state index contributed by atoms with van der Waals surface area (Å²) in [5.41, 5.74) is 8.22. The van der Waals surface area contributed by atoms with Crippen molar-refractivity contribution in [3.05, 3.63) is 101 Å². The van der Waals surface area contributed by atoms with E-state index < -0.39 is 0 Å². The summed E-state index contributed by atoms with van der Waals surface area (Å²) in [7, 11) is 1.66. The van der Waals surface area contributed by atoms with Crippen LogP contribution in [0.4, 0.5) is 5.69 Å². The molecule has 0 aliphatic carbocycles. The van der Waals surface area contributed by atoms with E-state index in [1.165, 1.54) is 11.1 Å². The van der Waals surface area contributed by atoms with E-state index in [1.807, 2.05) is 67.3 Å². The highest BCUT2D eigenvalue weighted by Gasteiger charge is 2.35. The third-order valence-corrected chi connectivity index (χ3v) is 6.89. The quantitative estimate of drug-likeness (QED) is 0.315. The second-order valence-electron chi connectivity index (χ2n) is 9.05. The van der Waals surface area contributed by atoms with Gasteiger partial charge in [-0.15, -0.1) is 0 Å². The zero-order valence-corrected chi connectivity index (χ0v) is 21.8. The largest absolute Gasteiger partial charge is 0.497 e. The lowest BCUT2D eigenvalue weighted by atomic mass is 9.94. The van der Waals surface area contributed by atoms with Gasteiger partial charge < -0.3 is 14.6 Å². The number of ether oxygens (including phenoxy) is 1. The standard InChI is InChI=1S/C29H28N4O2S/c1-17-8-6-10-22(14-17)27-31-28(35-32-27)25-20(4)33(23-13-12-18(2)19(3)15-23)29(36)30-26(25)21-9-7-11-24(16-21)34-5/h6-16,26H,1-5H3,(H,30,36). The Morgan fingerprint density at radius 3 is 2.50 bits per heavy atom. The summed E-state index contributed by atoms with van der Waals surface area (Å²) in [6, 6.07) is 22.0. The van der Waals surface area contributed by atoms with Gasteiger partial charge in [-0.1, -0.05) is 47.1 Å². The van der Waals surface area contributed by atoms with Crippen molar-refractivity contribution in [1.82, 2.24) is 15.5 Å². The molecule has 3 aromatic carbocycles. The van der Waals surface area contributed by atoms with Crippen LogP contribution in [0.25, 0.3) is 17.0 Å². The molecule has 1 aromatic heterocycles. The van der Waals surface area contributed by atoms with Gasteiger partial charge in [0.15, 0.2) is 5.11 Å². The number of aryl methyl sites for hydroxylation is 3. The van der Waals surface area contributed by atoms with E-state index >= 15 is 0 Å². The first kappa shape index (κ1) is 23.8.